The fraction of sp³-hybridized carbons (Fsp3) is 0.854. The van der Waals surface area contributed by atoms with Crippen LogP contribution in [0.25, 0.3) is 0 Å². The first kappa shape index (κ1) is 43.1. The lowest BCUT2D eigenvalue weighted by molar-refractivity contribution is -0.123. The van der Waals surface area contributed by atoms with Gasteiger partial charge < -0.3 is 10.6 Å². The molecule has 0 aromatic carbocycles. The molecule has 0 fully saturated rings. The summed E-state index contributed by atoms with van der Waals surface area (Å²) >= 11 is 0. The molecule has 4 heteroatoms. The van der Waals surface area contributed by atoms with Crippen molar-refractivity contribution in [2.24, 2.45) is 0 Å². The fourth-order valence-corrected chi connectivity index (χ4v) is 5.65. The van der Waals surface area contributed by atoms with E-state index in [4.69, 9.17) is 0 Å². The van der Waals surface area contributed by atoms with Gasteiger partial charge in [0.15, 0.2) is 0 Å². The van der Waals surface area contributed by atoms with Crippen LogP contribution in [-0.4, -0.2) is 24.9 Å². The number of hydrogen-bond donors (Lipinski definition) is 2. The third kappa shape index (κ3) is 38.2. The lowest BCUT2D eigenvalue weighted by atomic mass is 10.1. The van der Waals surface area contributed by atoms with Gasteiger partial charge in [-0.05, 0) is 37.5 Å². The van der Waals surface area contributed by atoms with Crippen LogP contribution in [0.1, 0.15) is 213 Å². The minimum Gasteiger partial charge on any atom is -0.354 e. The lowest BCUT2D eigenvalue weighted by Gasteiger charge is -2.07. The second-order valence-electron chi connectivity index (χ2n) is 13.1. The average Bonchev–Trinajstić information content (AvgIpc) is 3.04. The SMILES string of the molecule is CCCCCCCCCCCCC#CC#CCCCCCCCCC(=O)NCCNC(=O)CCCCCCCCCCCCC. The Labute approximate surface area is 281 Å². The van der Waals surface area contributed by atoms with E-state index in [2.05, 4.69) is 48.2 Å². The summed E-state index contributed by atoms with van der Waals surface area (Å²) in [4.78, 5) is 24.0. The van der Waals surface area contributed by atoms with Crippen molar-refractivity contribution in [1.29, 1.82) is 0 Å². The van der Waals surface area contributed by atoms with Crippen LogP contribution >= 0.6 is 0 Å². The van der Waals surface area contributed by atoms with Crippen molar-refractivity contribution >= 4 is 11.8 Å². The van der Waals surface area contributed by atoms with Gasteiger partial charge in [-0.15, -0.1) is 0 Å². The molecular formula is C41H74N2O2. The highest BCUT2D eigenvalue weighted by molar-refractivity contribution is 5.77. The maximum atomic E-state index is 12.0. The molecule has 0 unspecified atom stereocenters. The van der Waals surface area contributed by atoms with Gasteiger partial charge in [0.2, 0.25) is 11.8 Å². The monoisotopic (exact) mass is 627 g/mol. The van der Waals surface area contributed by atoms with E-state index >= 15 is 0 Å². The summed E-state index contributed by atoms with van der Waals surface area (Å²) in [6.45, 7) is 5.58. The largest absolute Gasteiger partial charge is 0.354 e. The Balaban J connectivity index is 3.37. The van der Waals surface area contributed by atoms with Crippen molar-refractivity contribution in [3.63, 3.8) is 0 Å². The van der Waals surface area contributed by atoms with Crippen LogP contribution in [0, 0.1) is 23.7 Å². The smallest absolute Gasteiger partial charge is 0.220 e. The van der Waals surface area contributed by atoms with E-state index < -0.39 is 0 Å². The molecule has 2 amide bonds. The zero-order valence-electron chi connectivity index (χ0n) is 30.2. The molecule has 2 N–H and O–H groups in total. The predicted molar refractivity (Wildman–Crippen MR) is 196 cm³/mol. The van der Waals surface area contributed by atoms with Crippen LogP contribution in [-0.2, 0) is 9.59 Å². The highest BCUT2D eigenvalue weighted by atomic mass is 16.2. The van der Waals surface area contributed by atoms with Crippen molar-refractivity contribution in [3.05, 3.63) is 0 Å². The van der Waals surface area contributed by atoms with E-state index in [0.717, 1.165) is 44.9 Å². The Morgan fingerprint density at radius 1 is 0.378 bits per heavy atom. The van der Waals surface area contributed by atoms with Gasteiger partial charge in [-0.2, -0.15) is 0 Å². The molecule has 0 radical (unpaired) electrons. The highest BCUT2D eigenvalue weighted by Crippen LogP contribution is 2.13. The molecule has 0 heterocycles. The second-order valence-corrected chi connectivity index (χ2v) is 13.1. The van der Waals surface area contributed by atoms with Crippen molar-refractivity contribution in [3.8, 4) is 23.7 Å². The molecule has 0 aliphatic heterocycles. The van der Waals surface area contributed by atoms with Gasteiger partial charge in [-0.25, -0.2) is 0 Å². The predicted octanol–water partition coefficient (Wildman–Crippen LogP) is 11.4. The molecule has 0 aromatic rings. The normalized spacial score (nSPS) is 10.5. The van der Waals surface area contributed by atoms with Gasteiger partial charge in [-0.3, -0.25) is 9.59 Å². The first-order valence-electron chi connectivity index (χ1n) is 19.7. The number of carbonyl (C=O) groups is 2. The summed E-state index contributed by atoms with van der Waals surface area (Å²) in [5.74, 6) is 12.7. The summed E-state index contributed by atoms with van der Waals surface area (Å²) in [5, 5.41) is 5.87. The van der Waals surface area contributed by atoms with Crippen LogP contribution in [0.15, 0.2) is 0 Å². The van der Waals surface area contributed by atoms with E-state index in [9.17, 15) is 9.59 Å². The molecule has 0 aliphatic rings. The minimum atomic E-state index is 0.0964. The van der Waals surface area contributed by atoms with E-state index in [-0.39, 0.29) is 11.8 Å². The van der Waals surface area contributed by atoms with Gasteiger partial charge >= 0.3 is 0 Å². The maximum Gasteiger partial charge on any atom is 0.220 e. The summed E-state index contributed by atoms with van der Waals surface area (Å²) in [6.07, 6.45) is 37.7. The Morgan fingerprint density at radius 2 is 0.644 bits per heavy atom. The summed E-state index contributed by atoms with van der Waals surface area (Å²) in [6, 6.07) is 0. The number of amides is 2. The number of carbonyl (C=O) groups excluding carboxylic acids is 2. The standard InChI is InChI=1S/C41H74N2O2/c1-3-5-7-9-11-13-15-16-17-18-19-20-21-22-23-24-25-27-29-31-33-35-37-41(45)43-39-38-42-40(44)36-34-32-30-28-26-14-12-10-8-6-4-2/h3-19,24-39H2,1-2H3,(H,42,44)(H,43,45). The van der Waals surface area contributed by atoms with Crippen LogP contribution < -0.4 is 10.6 Å². The zero-order valence-corrected chi connectivity index (χ0v) is 30.2. The fourth-order valence-electron chi connectivity index (χ4n) is 5.65. The topological polar surface area (TPSA) is 58.2 Å². The molecule has 45 heavy (non-hydrogen) atoms. The van der Waals surface area contributed by atoms with Crippen LogP contribution in [0.3, 0.4) is 0 Å². The molecule has 0 spiro atoms. The van der Waals surface area contributed by atoms with E-state index in [1.54, 1.807) is 0 Å². The van der Waals surface area contributed by atoms with Gasteiger partial charge in [0.05, 0.1) is 0 Å². The van der Waals surface area contributed by atoms with Crippen molar-refractivity contribution in [2.45, 2.75) is 213 Å². The zero-order chi connectivity index (χ0) is 32.7. The van der Waals surface area contributed by atoms with Crippen LogP contribution in [0.2, 0.25) is 0 Å². The summed E-state index contributed by atoms with van der Waals surface area (Å²) in [7, 11) is 0. The number of hydrogen-bond acceptors (Lipinski definition) is 2. The molecule has 0 aliphatic carbocycles. The quantitative estimate of drug-likeness (QED) is 0.0562. The van der Waals surface area contributed by atoms with E-state index in [0.29, 0.717) is 25.9 Å². The molecule has 0 atom stereocenters. The van der Waals surface area contributed by atoms with E-state index in [1.165, 1.54) is 141 Å². The first-order chi connectivity index (χ1) is 22.2. The number of rotatable bonds is 33. The molecule has 0 saturated carbocycles. The van der Waals surface area contributed by atoms with Crippen LogP contribution in [0.4, 0.5) is 0 Å². The second kappa shape index (κ2) is 38.2. The molecule has 0 aromatic heterocycles. The van der Waals surface area contributed by atoms with E-state index in [1.807, 2.05) is 0 Å². The Morgan fingerprint density at radius 3 is 0.956 bits per heavy atom. The van der Waals surface area contributed by atoms with Crippen molar-refractivity contribution in [2.75, 3.05) is 13.1 Å². The van der Waals surface area contributed by atoms with Gasteiger partial charge in [-0.1, -0.05) is 173 Å². The molecule has 0 saturated heterocycles. The Hall–Kier alpha value is -1.94. The Kier molecular flexibility index (Phi) is 36.6. The van der Waals surface area contributed by atoms with Gasteiger partial charge in [0, 0.05) is 38.8 Å². The third-order valence-electron chi connectivity index (χ3n) is 8.63. The summed E-state index contributed by atoms with van der Waals surface area (Å²) < 4.78 is 0. The lowest BCUT2D eigenvalue weighted by Crippen LogP contribution is -2.34. The number of nitrogens with one attached hydrogen (secondary N) is 2. The summed E-state index contributed by atoms with van der Waals surface area (Å²) in [5.41, 5.74) is 0. The molecule has 260 valence electrons. The van der Waals surface area contributed by atoms with Gasteiger partial charge in [0.1, 0.15) is 0 Å². The van der Waals surface area contributed by atoms with Gasteiger partial charge in [0.25, 0.3) is 0 Å². The molecule has 0 rings (SSSR count). The van der Waals surface area contributed by atoms with Crippen molar-refractivity contribution < 1.29 is 9.59 Å². The highest BCUT2D eigenvalue weighted by Gasteiger charge is 2.03. The maximum absolute atomic E-state index is 12.0. The average molecular weight is 627 g/mol. The molecule has 0 bridgehead atoms. The van der Waals surface area contributed by atoms with Crippen molar-refractivity contribution in [1.82, 2.24) is 10.6 Å². The minimum absolute atomic E-state index is 0.0964. The first-order valence-corrected chi connectivity index (χ1v) is 19.7. The van der Waals surface area contributed by atoms with Crippen LogP contribution in [0.5, 0.6) is 0 Å². The Bertz CT molecular complexity index is 770. The number of unbranched alkanes of at least 4 members (excludes halogenated alkanes) is 26. The third-order valence-corrected chi connectivity index (χ3v) is 8.63. The molecule has 4 nitrogen and oxygen atoms in total. The molecular weight excluding hydrogens is 552 g/mol.